The molecule has 1 saturated carbocycles. The molecule has 1 aliphatic carbocycles. The summed E-state index contributed by atoms with van der Waals surface area (Å²) in [6, 6.07) is 8.42. The molecule has 1 aliphatic heterocycles. The third-order valence-corrected chi connectivity index (χ3v) is 6.75. The fourth-order valence-electron chi connectivity index (χ4n) is 4.38. The van der Waals surface area contributed by atoms with Crippen molar-refractivity contribution in [3.63, 3.8) is 0 Å². The molecule has 0 unspecified atom stereocenters. The lowest BCUT2D eigenvalue weighted by molar-refractivity contribution is 0.0968. The summed E-state index contributed by atoms with van der Waals surface area (Å²) in [5, 5.41) is 17.4. The number of aromatic hydroxyl groups is 1. The zero-order chi connectivity index (χ0) is 22.2. The number of anilines is 1. The lowest BCUT2D eigenvalue weighted by Crippen LogP contribution is -2.31. The Morgan fingerprint density at radius 1 is 1.16 bits per heavy atom. The number of carbonyl (C=O) groups is 1. The number of Topliss-reactive ketones (excluding diaryl/α,β-unsaturated/α-hetero) is 1. The minimum atomic E-state index is -0.771. The van der Waals surface area contributed by atoms with Crippen molar-refractivity contribution in [2.45, 2.75) is 25.7 Å². The van der Waals surface area contributed by atoms with Gasteiger partial charge in [0.1, 0.15) is 0 Å². The molecule has 5 nitrogen and oxygen atoms in total. The number of piperidine rings is 1. The summed E-state index contributed by atoms with van der Waals surface area (Å²) in [6.07, 6.45) is 5.73. The molecule has 5 rings (SSSR count). The second-order valence-electron chi connectivity index (χ2n) is 8.78. The number of pyridine rings is 1. The average molecular weight is 454 g/mol. The van der Waals surface area contributed by atoms with Crippen LogP contribution in [-0.4, -0.2) is 35.5 Å². The van der Waals surface area contributed by atoms with Gasteiger partial charge in [0.05, 0.1) is 21.8 Å². The molecule has 1 aromatic heterocycles. The largest absolute Gasteiger partial charge is 0.504 e. The van der Waals surface area contributed by atoms with Gasteiger partial charge in [-0.05, 0) is 80.1 Å². The minimum absolute atomic E-state index is 0.0415. The van der Waals surface area contributed by atoms with E-state index < -0.39 is 11.6 Å². The molecule has 0 bridgehead atoms. The maximum atomic E-state index is 14.1. The summed E-state index contributed by atoms with van der Waals surface area (Å²) < 4.78 is 14.1. The standard InChI is InChI=1S/C25H25ClFN3O2/c26-20-10-17(11-21(27)25(20)32)16-3-4-22-18(9-16)23(30-12-14-5-7-28-8-6-14)19(13-29-22)24(31)15-1-2-15/h3-4,9-11,13-15,28,32H,1-2,5-8,12H2,(H,29,30). The summed E-state index contributed by atoms with van der Waals surface area (Å²) >= 11 is 6.00. The Balaban J connectivity index is 1.58. The number of hydrogen-bond acceptors (Lipinski definition) is 5. The second-order valence-corrected chi connectivity index (χ2v) is 9.19. The summed E-state index contributed by atoms with van der Waals surface area (Å²) in [4.78, 5) is 17.6. The average Bonchev–Trinajstić information content (AvgIpc) is 3.66. The van der Waals surface area contributed by atoms with E-state index in [9.17, 15) is 14.3 Å². The number of ketones is 1. The van der Waals surface area contributed by atoms with Gasteiger partial charge >= 0.3 is 0 Å². The number of hydrogen-bond donors (Lipinski definition) is 3. The van der Waals surface area contributed by atoms with E-state index >= 15 is 0 Å². The number of phenols is 1. The number of nitrogens with one attached hydrogen (secondary N) is 2. The van der Waals surface area contributed by atoms with Gasteiger partial charge in [-0.1, -0.05) is 17.7 Å². The van der Waals surface area contributed by atoms with E-state index in [1.165, 1.54) is 12.1 Å². The van der Waals surface area contributed by atoms with E-state index in [0.29, 0.717) is 17.0 Å². The molecule has 1 saturated heterocycles. The Kier molecular flexibility index (Phi) is 5.74. The smallest absolute Gasteiger partial charge is 0.170 e. The quantitative estimate of drug-likeness (QED) is 0.435. The molecule has 0 spiro atoms. The van der Waals surface area contributed by atoms with Gasteiger partial charge in [-0.2, -0.15) is 0 Å². The molecule has 7 heteroatoms. The van der Waals surface area contributed by atoms with Crippen molar-refractivity contribution in [3.05, 3.63) is 52.9 Å². The van der Waals surface area contributed by atoms with Gasteiger partial charge in [-0.15, -0.1) is 0 Å². The number of rotatable bonds is 6. The van der Waals surface area contributed by atoms with Gasteiger partial charge in [0.15, 0.2) is 17.3 Å². The molecule has 3 N–H and O–H groups in total. The summed E-state index contributed by atoms with van der Waals surface area (Å²) in [6.45, 7) is 2.80. The molecule has 166 valence electrons. The fraction of sp³-hybridized carbons (Fsp3) is 0.360. The third kappa shape index (κ3) is 4.17. The van der Waals surface area contributed by atoms with Crippen LogP contribution in [0.5, 0.6) is 5.75 Å². The highest BCUT2D eigenvalue weighted by molar-refractivity contribution is 6.32. The van der Waals surface area contributed by atoms with E-state index in [1.54, 1.807) is 6.20 Å². The lowest BCUT2D eigenvalue weighted by atomic mass is 9.96. The highest BCUT2D eigenvalue weighted by Crippen LogP contribution is 2.38. The molecule has 0 amide bonds. The van der Waals surface area contributed by atoms with E-state index in [1.807, 2.05) is 18.2 Å². The molecule has 0 atom stereocenters. The molecule has 32 heavy (non-hydrogen) atoms. The number of benzene rings is 2. The third-order valence-electron chi connectivity index (χ3n) is 6.46. The van der Waals surface area contributed by atoms with Crippen molar-refractivity contribution < 1.29 is 14.3 Å². The SMILES string of the molecule is O=C(c1cnc2ccc(-c3cc(F)c(O)c(Cl)c3)cc2c1NCC1CCNCC1)C1CC1. The molecule has 2 fully saturated rings. The number of halogens is 2. The molecular weight excluding hydrogens is 429 g/mol. The van der Waals surface area contributed by atoms with Crippen molar-refractivity contribution in [2.24, 2.45) is 11.8 Å². The fourth-order valence-corrected chi connectivity index (χ4v) is 4.59. The van der Waals surface area contributed by atoms with Gasteiger partial charge in [-0.3, -0.25) is 9.78 Å². The predicted octanol–water partition coefficient (Wildman–Crippen LogP) is 5.40. The maximum absolute atomic E-state index is 14.1. The van der Waals surface area contributed by atoms with Crippen LogP contribution in [0, 0.1) is 17.7 Å². The van der Waals surface area contributed by atoms with Crippen LogP contribution in [0.25, 0.3) is 22.0 Å². The monoisotopic (exact) mass is 453 g/mol. The van der Waals surface area contributed by atoms with Crippen LogP contribution in [-0.2, 0) is 0 Å². The van der Waals surface area contributed by atoms with Crippen molar-refractivity contribution in [2.75, 3.05) is 25.0 Å². The van der Waals surface area contributed by atoms with Gasteiger partial charge in [0.2, 0.25) is 0 Å². The van der Waals surface area contributed by atoms with Gasteiger partial charge in [0, 0.05) is 24.0 Å². The van der Waals surface area contributed by atoms with E-state index in [2.05, 4.69) is 15.6 Å². The van der Waals surface area contributed by atoms with Crippen molar-refractivity contribution in [1.29, 1.82) is 0 Å². The molecule has 3 aromatic rings. The Morgan fingerprint density at radius 3 is 2.66 bits per heavy atom. The van der Waals surface area contributed by atoms with Gasteiger partial charge in [0.25, 0.3) is 0 Å². The van der Waals surface area contributed by atoms with Crippen molar-refractivity contribution >= 4 is 34.0 Å². The van der Waals surface area contributed by atoms with Crippen LogP contribution in [0.15, 0.2) is 36.5 Å². The predicted molar refractivity (Wildman–Crippen MR) is 125 cm³/mol. The van der Waals surface area contributed by atoms with E-state index in [0.717, 1.165) is 67.5 Å². The summed E-state index contributed by atoms with van der Waals surface area (Å²) in [5.74, 6) is -0.568. The molecular formula is C25H25ClFN3O2. The molecule has 2 aliphatic rings. The first-order valence-corrected chi connectivity index (χ1v) is 11.5. The topological polar surface area (TPSA) is 74.2 Å². The first kappa shape index (κ1) is 21.2. The van der Waals surface area contributed by atoms with Gasteiger partial charge < -0.3 is 15.7 Å². The van der Waals surface area contributed by atoms with Crippen LogP contribution >= 0.6 is 11.6 Å². The van der Waals surface area contributed by atoms with Gasteiger partial charge in [-0.25, -0.2) is 4.39 Å². The van der Waals surface area contributed by atoms with Crippen LogP contribution in [0.2, 0.25) is 5.02 Å². The number of carbonyl (C=O) groups excluding carboxylic acids is 1. The van der Waals surface area contributed by atoms with Crippen LogP contribution in [0.4, 0.5) is 10.1 Å². The molecule has 2 heterocycles. The Hall–Kier alpha value is -2.70. The molecule has 2 aromatic carbocycles. The number of aromatic nitrogens is 1. The maximum Gasteiger partial charge on any atom is 0.170 e. The Morgan fingerprint density at radius 2 is 1.94 bits per heavy atom. The highest BCUT2D eigenvalue weighted by Gasteiger charge is 2.32. The first-order valence-electron chi connectivity index (χ1n) is 11.1. The minimum Gasteiger partial charge on any atom is -0.504 e. The van der Waals surface area contributed by atoms with Crippen LogP contribution < -0.4 is 10.6 Å². The zero-order valence-corrected chi connectivity index (χ0v) is 18.4. The number of fused-ring (bicyclic) bond motifs is 1. The lowest BCUT2D eigenvalue weighted by Gasteiger charge is -2.24. The summed E-state index contributed by atoms with van der Waals surface area (Å²) in [5.41, 5.74) is 3.48. The van der Waals surface area contributed by atoms with E-state index in [4.69, 9.17) is 11.6 Å². The second kappa shape index (κ2) is 8.68. The van der Waals surface area contributed by atoms with Crippen molar-refractivity contribution in [3.8, 4) is 16.9 Å². The normalized spacial score (nSPS) is 16.9. The number of phenolic OH excluding ortho intramolecular Hbond substituents is 1. The zero-order valence-electron chi connectivity index (χ0n) is 17.6. The Bertz CT molecular complexity index is 1170. The first-order chi connectivity index (χ1) is 15.5. The van der Waals surface area contributed by atoms with Crippen LogP contribution in [0.1, 0.15) is 36.0 Å². The number of nitrogens with zero attached hydrogens (tertiary/aromatic N) is 1. The van der Waals surface area contributed by atoms with Crippen LogP contribution in [0.3, 0.4) is 0 Å². The Labute approximate surface area is 191 Å². The molecule has 0 radical (unpaired) electrons. The highest BCUT2D eigenvalue weighted by atomic mass is 35.5. The summed E-state index contributed by atoms with van der Waals surface area (Å²) in [7, 11) is 0. The van der Waals surface area contributed by atoms with E-state index in [-0.39, 0.29) is 16.7 Å². The van der Waals surface area contributed by atoms with Crippen molar-refractivity contribution in [1.82, 2.24) is 10.3 Å².